The molecule has 1 aliphatic heterocycles. The van der Waals surface area contributed by atoms with Crippen LogP contribution in [-0.4, -0.2) is 46.9 Å². The number of ketones is 1. The molecule has 0 N–H and O–H groups in total. The fraction of sp³-hybridized carbons (Fsp3) is 0.238. The number of thiazole rings is 1. The molecule has 0 unspecified atom stereocenters. The summed E-state index contributed by atoms with van der Waals surface area (Å²) in [6.07, 6.45) is 0. The van der Waals surface area contributed by atoms with E-state index in [1.807, 2.05) is 17.5 Å². The van der Waals surface area contributed by atoms with E-state index < -0.39 is 0 Å². The van der Waals surface area contributed by atoms with Crippen LogP contribution in [0.1, 0.15) is 10.4 Å². The highest BCUT2D eigenvalue weighted by Crippen LogP contribution is 2.35. The third-order valence-electron chi connectivity index (χ3n) is 4.98. The molecule has 5 rings (SSSR count). The fourth-order valence-electron chi connectivity index (χ4n) is 3.38. The van der Waals surface area contributed by atoms with Gasteiger partial charge in [0.05, 0.1) is 22.8 Å². The summed E-state index contributed by atoms with van der Waals surface area (Å²) in [7, 11) is 0. The first-order valence-electron chi connectivity index (χ1n) is 9.67. The highest BCUT2D eigenvalue weighted by Gasteiger charge is 2.22. The molecule has 158 valence electrons. The van der Waals surface area contributed by atoms with Gasteiger partial charge in [-0.1, -0.05) is 29.0 Å². The Labute approximate surface area is 190 Å². The van der Waals surface area contributed by atoms with Gasteiger partial charge in [-0.2, -0.15) is 5.10 Å². The van der Waals surface area contributed by atoms with Crippen molar-refractivity contribution in [3.63, 3.8) is 0 Å². The first-order valence-corrected chi connectivity index (χ1v) is 11.7. The minimum absolute atomic E-state index is 0.167. The Kier molecular flexibility index (Phi) is 5.58. The Hall–Kier alpha value is -2.59. The van der Waals surface area contributed by atoms with Crippen molar-refractivity contribution >= 4 is 55.4 Å². The molecular weight excluding hydrogens is 456 g/mol. The number of ether oxygens (including phenoxy) is 1. The first-order chi connectivity index (χ1) is 15.1. The molecule has 1 aliphatic rings. The van der Waals surface area contributed by atoms with Gasteiger partial charge in [0.15, 0.2) is 16.4 Å². The van der Waals surface area contributed by atoms with Gasteiger partial charge in [0.1, 0.15) is 12.2 Å². The molecule has 4 aromatic rings. The van der Waals surface area contributed by atoms with Gasteiger partial charge >= 0.3 is 0 Å². The van der Waals surface area contributed by atoms with Gasteiger partial charge in [0.2, 0.25) is 0 Å². The van der Waals surface area contributed by atoms with Crippen LogP contribution in [0, 0.1) is 0 Å². The second-order valence-electron chi connectivity index (χ2n) is 6.99. The lowest BCUT2D eigenvalue weighted by molar-refractivity contribution is 0.0966. The monoisotopic (exact) mass is 472 g/mol. The maximum Gasteiger partial charge on any atom is 0.294 e. The van der Waals surface area contributed by atoms with E-state index in [1.54, 1.807) is 24.3 Å². The normalized spacial score (nSPS) is 14.3. The molecule has 0 atom stereocenters. The van der Waals surface area contributed by atoms with Crippen molar-refractivity contribution in [3.8, 4) is 10.6 Å². The van der Waals surface area contributed by atoms with Gasteiger partial charge in [0, 0.05) is 23.7 Å². The van der Waals surface area contributed by atoms with E-state index in [2.05, 4.69) is 15.0 Å². The van der Waals surface area contributed by atoms with Crippen LogP contribution in [0.5, 0.6) is 0 Å². The number of anilines is 1. The molecule has 1 fully saturated rings. The molecule has 7 nitrogen and oxygen atoms in total. The zero-order valence-corrected chi connectivity index (χ0v) is 18.7. The van der Waals surface area contributed by atoms with Gasteiger partial charge in [0.25, 0.3) is 5.56 Å². The molecule has 1 saturated heterocycles. The summed E-state index contributed by atoms with van der Waals surface area (Å²) in [4.78, 5) is 33.7. The Morgan fingerprint density at radius 2 is 1.94 bits per heavy atom. The molecule has 0 bridgehead atoms. The van der Waals surface area contributed by atoms with Crippen molar-refractivity contribution in [3.05, 3.63) is 62.7 Å². The minimum Gasteiger partial charge on any atom is -0.378 e. The van der Waals surface area contributed by atoms with E-state index in [4.69, 9.17) is 16.3 Å². The van der Waals surface area contributed by atoms with Gasteiger partial charge in [-0.15, -0.1) is 11.3 Å². The zero-order valence-electron chi connectivity index (χ0n) is 16.3. The molecule has 4 heterocycles. The number of carbonyl (C=O) groups is 1. The number of carbonyl (C=O) groups excluding carboxylic acids is 1. The second-order valence-corrected chi connectivity index (χ2v) is 9.35. The minimum atomic E-state index is -0.367. The van der Waals surface area contributed by atoms with Crippen molar-refractivity contribution < 1.29 is 9.53 Å². The van der Waals surface area contributed by atoms with Crippen LogP contribution < -0.4 is 10.5 Å². The molecular formula is C21H17ClN4O3S2. The number of rotatable bonds is 5. The number of hydrogen-bond donors (Lipinski definition) is 0. The summed E-state index contributed by atoms with van der Waals surface area (Å²) in [5.41, 5.74) is 1.12. The number of fused-ring (bicyclic) bond motifs is 1. The van der Waals surface area contributed by atoms with Gasteiger partial charge in [-0.3, -0.25) is 9.59 Å². The Morgan fingerprint density at radius 1 is 1.16 bits per heavy atom. The number of Topliss-reactive ketones (excluding diaryl/α,β-unsaturated/α-hetero) is 1. The SMILES string of the molecule is O=C(Cn1nc(-c2cccs2)c2sc(N3CCOCC3)nc2c1=O)c1ccc(Cl)cc1. The molecule has 1 aromatic carbocycles. The van der Waals surface area contributed by atoms with Crippen LogP contribution in [0.3, 0.4) is 0 Å². The van der Waals surface area contributed by atoms with Crippen molar-refractivity contribution in [1.82, 2.24) is 14.8 Å². The van der Waals surface area contributed by atoms with E-state index in [-0.39, 0.29) is 17.9 Å². The van der Waals surface area contributed by atoms with Gasteiger partial charge in [-0.25, -0.2) is 9.67 Å². The molecule has 31 heavy (non-hydrogen) atoms. The lowest BCUT2D eigenvalue weighted by atomic mass is 10.1. The Bertz CT molecular complexity index is 1290. The highest BCUT2D eigenvalue weighted by molar-refractivity contribution is 7.23. The molecule has 10 heteroatoms. The summed E-state index contributed by atoms with van der Waals surface area (Å²) in [5, 5.41) is 7.86. The van der Waals surface area contributed by atoms with Crippen LogP contribution in [0.15, 0.2) is 46.6 Å². The number of aromatic nitrogens is 3. The quantitative estimate of drug-likeness (QED) is 0.409. The molecule has 0 saturated carbocycles. The maximum absolute atomic E-state index is 13.2. The average Bonchev–Trinajstić information content (AvgIpc) is 3.47. The summed E-state index contributed by atoms with van der Waals surface area (Å²) in [6.45, 7) is 2.55. The third-order valence-corrected chi connectivity index (χ3v) is 7.24. The van der Waals surface area contributed by atoms with Crippen LogP contribution >= 0.6 is 34.3 Å². The summed E-state index contributed by atoms with van der Waals surface area (Å²) in [6, 6.07) is 10.5. The summed E-state index contributed by atoms with van der Waals surface area (Å²) >= 11 is 8.91. The molecule has 3 aromatic heterocycles. The van der Waals surface area contributed by atoms with Crippen molar-refractivity contribution in [2.75, 3.05) is 31.2 Å². The number of morpholine rings is 1. The van der Waals surface area contributed by atoms with Crippen LogP contribution in [-0.2, 0) is 11.3 Å². The van der Waals surface area contributed by atoms with Gasteiger partial charge in [-0.05, 0) is 35.7 Å². The molecule has 0 radical (unpaired) electrons. The standard InChI is InChI=1S/C21H17ClN4O3S2/c22-14-5-3-13(4-6-14)15(27)12-26-20(28)18-19(17(24-26)16-2-1-11-30-16)31-21(23-18)25-7-9-29-10-8-25/h1-6,11H,7-10,12H2. The topological polar surface area (TPSA) is 77.3 Å². The van der Waals surface area contributed by atoms with Gasteiger partial charge < -0.3 is 9.64 Å². The maximum atomic E-state index is 13.2. The summed E-state index contributed by atoms with van der Waals surface area (Å²) in [5.74, 6) is -0.216. The van der Waals surface area contributed by atoms with Crippen LogP contribution in [0.4, 0.5) is 5.13 Å². The zero-order chi connectivity index (χ0) is 21.4. The first kappa shape index (κ1) is 20.3. The summed E-state index contributed by atoms with van der Waals surface area (Å²) < 4.78 is 7.39. The smallest absolute Gasteiger partial charge is 0.294 e. The van der Waals surface area contributed by atoms with E-state index in [1.165, 1.54) is 27.4 Å². The van der Waals surface area contributed by atoms with E-state index in [9.17, 15) is 9.59 Å². The van der Waals surface area contributed by atoms with E-state index >= 15 is 0 Å². The lowest BCUT2D eigenvalue weighted by Crippen LogP contribution is -2.36. The predicted molar refractivity (Wildman–Crippen MR) is 124 cm³/mol. The van der Waals surface area contributed by atoms with E-state index in [0.717, 1.165) is 27.8 Å². The third kappa shape index (κ3) is 4.01. The fourth-order valence-corrected chi connectivity index (χ4v) is 5.40. The molecule has 0 spiro atoms. The van der Waals surface area contributed by atoms with Crippen molar-refractivity contribution in [2.24, 2.45) is 0 Å². The van der Waals surface area contributed by atoms with E-state index in [0.29, 0.717) is 35.0 Å². The number of halogens is 1. The second kappa shape index (κ2) is 8.51. The highest BCUT2D eigenvalue weighted by atomic mass is 35.5. The number of nitrogens with zero attached hydrogens (tertiary/aromatic N) is 4. The lowest BCUT2D eigenvalue weighted by Gasteiger charge is -2.25. The Balaban J connectivity index is 1.59. The molecule has 0 aliphatic carbocycles. The Morgan fingerprint density at radius 3 is 2.65 bits per heavy atom. The number of benzene rings is 1. The number of hydrogen-bond acceptors (Lipinski definition) is 8. The van der Waals surface area contributed by atoms with Crippen molar-refractivity contribution in [1.29, 1.82) is 0 Å². The van der Waals surface area contributed by atoms with Crippen molar-refractivity contribution in [2.45, 2.75) is 6.54 Å². The number of thiophene rings is 1. The van der Waals surface area contributed by atoms with Crippen LogP contribution in [0.25, 0.3) is 20.8 Å². The average molecular weight is 473 g/mol. The predicted octanol–water partition coefficient (Wildman–Crippen LogP) is 3.95. The largest absolute Gasteiger partial charge is 0.378 e. The van der Waals surface area contributed by atoms with Crippen LogP contribution in [0.2, 0.25) is 5.02 Å². The molecule has 0 amide bonds.